The highest BCUT2D eigenvalue weighted by Crippen LogP contribution is 2.26. The van der Waals surface area contributed by atoms with E-state index in [1.807, 2.05) is 0 Å². The fourth-order valence-corrected chi connectivity index (χ4v) is 2.42. The molecule has 3 heteroatoms. The molecule has 17 heavy (non-hydrogen) atoms. The van der Waals surface area contributed by atoms with Gasteiger partial charge in [-0.15, -0.1) is 0 Å². The zero-order chi connectivity index (χ0) is 13.5. The van der Waals surface area contributed by atoms with Gasteiger partial charge in [-0.25, -0.2) is 0 Å². The highest BCUT2D eigenvalue weighted by atomic mass is 16.1. The lowest BCUT2D eigenvalue weighted by atomic mass is 9.82. The highest BCUT2D eigenvalue weighted by Gasteiger charge is 2.26. The first-order valence-electron chi connectivity index (χ1n) is 6.67. The summed E-state index contributed by atoms with van der Waals surface area (Å²) in [6.07, 6.45) is 4.60. The van der Waals surface area contributed by atoms with Crippen LogP contribution >= 0.6 is 0 Å². The fraction of sp³-hybridized carbons (Fsp3) is 0.929. The van der Waals surface area contributed by atoms with E-state index in [0.29, 0.717) is 6.42 Å². The molecule has 0 aliphatic carbocycles. The zero-order valence-electron chi connectivity index (χ0n) is 12.2. The van der Waals surface area contributed by atoms with Gasteiger partial charge in [-0.1, -0.05) is 27.2 Å². The van der Waals surface area contributed by atoms with Gasteiger partial charge in [0.15, 0.2) is 0 Å². The number of unbranched alkanes of at least 4 members (excludes halogenated alkanes) is 2. The van der Waals surface area contributed by atoms with Crippen LogP contribution in [0.25, 0.3) is 0 Å². The van der Waals surface area contributed by atoms with Crippen molar-refractivity contribution in [2.75, 3.05) is 6.54 Å². The van der Waals surface area contributed by atoms with Crippen LogP contribution in [0, 0.1) is 5.41 Å². The first kappa shape index (κ1) is 16.4. The molecule has 0 unspecified atom stereocenters. The highest BCUT2D eigenvalue weighted by molar-refractivity contribution is 5.76. The summed E-state index contributed by atoms with van der Waals surface area (Å²) in [7, 11) is 0. The van der Waals surface area contributed by atoms with Crippen molar-refractivity contribution in [3.05, 3.63) is 0 Å². The Morgan fingerprint density at radius 2 is 1.65 bits per heavy atom. The Bertz CT molecular complexity index is 229. The average Bonchev–Trinajstić information content (AvgIpc) is 2.07. The van der Waals surface area contributed by atoms with Crippen LogP contribution in [0.15, 0.2) is 0 Å². The Labute approximate surface area is 107 Å². The Kier molecular flexibility index (Phi) is 6.76. The van der Waals surface area contributed by atoms with Gasteiger partial charge in [-0.2, -0.15) is 0 Å². The summed E-state index contributed by atoms with van der Waals surface area (Å²) >= 11 is 0. The van der Waals surface area contributed by atoms with Crippen molar-refractivity contribution in [2.45, 2.75) is 72.3 Å². The summed E-state index contributed by atoms with van der Waals surface area (Å²) < 4.78 is 0. The van der Waals surface area contributed by atoms with Gasteiger partial charge < -0.3 is 11.1 Å². The predicted molar refractivity (Wildman–Crippen MR) is 73.8 cm³/mol. The van der Waals surface area contributed by atoms with Crippen LogP contribution in [0.1, 0.15) is 66.7 Å². The second-order valence-corrected chi connectivity index (χ2v) is 6.77. The molecule has 0 aliphatic rings. The van der Waals surface area contributed by atoms with E-state index in [-0.39, 0.29) is 16.9 Å². The van der Waals surface area contributed by atoms with Gasteiger partial charge in [0.25, 0.3) is 0 Å². The maximum absolute atomic E-state index is 11.8. The number of rotatable bonds is 7. The quantitative estimate of drug-likeness (QED) is 0.674. The fourth-order valence-electron chi connectivity index (χ4n) is 2.42. The normalized spacial score (nSPS) is 12.6. The summed E-state index contributed by atoms with van der Waals surface area (Å²) in [6, 6.07) is 0. The number of hydrogen-bond donors (Lipinski definition) is 2. The van der Waals surface area contributed by atoms with Crippen molar-refractivity contribution in [1.82, 2.24) is 5.32 Å². The molecule has 0 aromatic rings. The first-order chi connectivity index (χ1) is 7.66. The zero-order valence-corrected chi connectivity index (χ0v) is 12.2. The third-order valence-electron chi connectivity index (χ3n) is 2.56. The molecular formula is C14H30N2O. The lowest BCUT2D eigenvalue weighted by Crippen LogP contribution is -2.45. The number of nitrogens with one attached hydrogen (secondary N) is 1. The Balaban J connectivity index is 3.93. The third-order valence-corrected chi connectivity index (χ3v) is 2.56. The molecule has 0 radical (unpaired) electrons. The molecule has 0 aliphatic heterocycles. The second-order valence-electron chi connectivity index (χ2n) is 6.77. The molecule has 0 aromatic heterocycles. The maximum Gasteiger partial charge on any atom is 0.220 e. The smallest absolute Gasteiger partial charge is 0.220 e. The molecule has 102 valence electrons. The van der Waals surface area contributed by atoms with Gasteiger partial charge in [-0.05, 0) is 45.1 Å². The van der Waals surface area contributed by atoms with Crippen molar-refractivity contribution >= 4 is 5.91 Å². The van der Waals surface area contributed by atoms with Crippen molar-refractivity contribution in [1.29, 1.82) is 0 Å². The molecule has 0 atom stereocenters. The number of carbonyl (C=O) groups excluding carboxylic acids is 1. The molecule has 0 saturated heterocycles. The lowest BCUT2D eigenvalue weighted by Gasteiger charge is -2.33. The van der Waals surface area contributed by atoms with Crippen molar-refractivity contribution in [2.24, 2.45) is 11.1 Å². The van der Waals surface area contributed by atoms with E-state index in [2.05, 4.69) is 39.9 Å². The van der Waals surface area contributed by atoms with E-state index in [4.69, 9.17) is 5.73 Å². The van der Waals surface area contributed by atoms with E-state index in [1.54, 1.807) is 0 Å². The molecular weight excluding hydrogens is 212 g/mol. The molecule has 0 bridgehead atoms. The first-order valence-corrected chi connectivity index (χ1v) is 6.67. The van der Waals surface area contributed by atoms with Gasteiger partial charge in [0.05, 0.1) is 0 Å². The van der Waals surface area contributed by atoms with Gasteiger partial charge in [0, 0.05) is 12.0 Å². The van der Waals surface area contributed by atoms with Gasteiger partial charge in [-0.3, -0.25) is 4.79 Å². The Morgan fingerprint density at radius 3 is 2.12 bits per heavy atom. The van der Waals surface area contributed by atoms with E-state index in [0.717, 1.165) is 32.2 Å². The molecule has 3 nitrogen and oxygen atoms in total. The van der Waals surface area contributed by atoms with E-state index >= 15 is 0 Å². The van der Waals surface area contributed by atoms with Crippen LogP contribution < -0.4 is 11.1 Å². The molecule has 0 saturated carbocycles. The molecule has 0 aromatic carbocycles. The molecule has 0 heterocycles. The van der Waals surface area contributed by atoms with Gasteiger partial charge in [0.2, 0.25) is 5.91 Å². The molecule has 3 N–H and O–H groups in total. The lowest BCUT2D eigenvalue weighted by molar-refractivity contribution is -0.123. The van der Waals surface area contributed by atoms with Crippen molar-refractivity contribution in [3.63, 3.8) is 0 Å². The van der Waals surface area contributed by atoms with E-state index < -0.39 is 0 Å². The largest absolute Gasteiger partial charge is 0.351 e. The van der Waals surface area contributed by atoms with Crippen LogP contribution in [0.2, 0.25) is 0 Å². The van der Waals surface area contributed by atoms with E-state index in [1.165, 1.54) is 0 Å². The Morgan fingerprint density at radius 1 is 1.06 bits per heavy atom. The van der Waals surface area contributed by atoms with Crippen LogP contribution in [-0.4, -0.2) is 18.0 Å². The third kappa shape index (κ3) is 10.3. The standard InChI is InChI=1S/C14H30N2O/c1-13(2,3)11-14(4,5)16-12(17)9-7-6-8-10-15/h6-11,15H2,1-5H3,(H,16,17). The summed E-state index contributed by atoms with van der Waals surface area (Å²) in [5, 5.41) is 3.12. The minimum atomic E-state index is -0.122. The predicted octanol–water partition coefficient (Wildman–Crippen LogP) is 2.84. The topological polar surface area (TPSA) is 55.1 Å². The summed E-state index contributed by atoms with van der Waals surface area (Å²) in [4.78, 5) is 11.8. The van der Waals surface area contributed by atoms with Crippen LogP contribution in [0.5, 0.6) is 0 Å². The van der Waals surface area contributed by atoms with Crippen molar-refractivity contribution in [3.8, 4) is 0 Å². The number of hydrogen-bond acceptors (Lipinski definition) is 2. The van der Waals surface area contributed by atoms with Crippen molar-refractivity contribution < 1.29 is 4.79 Å². The number of nitrogens with two attached hydrogens (primary N) is 1. The average molecular weight is 242 g/mol. The summed E-state index contributed by atoms with van der Waals surface area (Å²) in [6.45, 7) is 11.5. The molecule has 0 rings (SSSR count). The monoisotopic (exact) mass is 242 g/mol. The Hall–Kier alpha value is -0.570. The minimum absolute atomic E-state index is 0.122. The van der Waals surface area contributed by atoms with Gasteiger partial charge in [0.1, 0.15) is 0 Å². The number of amides is 1. The minimum Gasteiger partial charge on any atom is -0.351 e. The summed E-state index contributed by atoms with van der Waals surface area (Å²) in [5.74, 6) is 0.163. The van der Waals surface area contributed by atoms with Crippen LogP contribution in [0.3, 0.4) is 0 Å². The molecule has 1 amide bonds. The number of carbonyl (C=O) groups is 1. The van der Waals surface area contributed by atoms with Crippen LogP contribution in [-0.2, 0) is 4.79 Å². The molecule has 0 spiro atoms. The second kappa shape index (κ2) is 7.00. The summed E-state index contributed by atoms with van der Waals surface area (Å²) in [5.41, 5.74) is 5.53. The van der Waals surface area contributed by atoms with Gasteiger partial charge >= 0.3 is 0 Å². The maximum atomic E-state index is 11.8. The van der Waals surface area contributed by atoms with Crippen LogP contribution in [0.4, 0.5) is 0 Å². The van der Waals surface area contributed by atoms with E-state index in [9.17, 15) is 4.79 Å². The SMILES string of the molecule is CC(C)(C)CC(C)(C)NC(=O)CCCCCN. The molecule has 0 fully saturated rings.